The van der Waals surface area contributed by atoms with Gasteiger partial charge in [0.25, 0.3) is 0 Å². The van der Waals surface area contributed by atoms with E-state index in [9.17, 15) is 0 Å². The van der Waals surface area contributed by atoms with Gasteiger partial charge in [-0.2, -0.15) is 0 Å². The van der Waals surface area contributed by atoms with E-state index in [1.54, 1.807) is 0 Å². The predicted octanol–water partition coefficient (Wildman–Crippen LogP) is 2.23. The molecule has 0 spiro atoms. The third-order valence-electron chi connectivity index (χ3n) is 2.39. The van der Waals surface area contributed by atoms with Gasteiger partial charge in [0.15, 0.2) is 0 Å². The summed E-state index contributed by atoms with van der Waals surface area (Å²) in [4.78, 5) is 0. The molecule has 1 heterocycles. The highest BCUT2D eigenvalue weighted by Crippen LogP contribution is 2.11. The number of rotatable bonds is 6. The highest BCUT2D eigenvalue weighted by molar-refractivity contribution is 6.78. The first-order valence-corrected chi connectivity index (χ1v) is 11.6. The maximum absolute atomic E-state index is 5.96. The molecule has 1 rings (SSSR count). The van der Waals surface area contributed by atoms with Gasteiger partial charge in [-0.05, 0) is 19.3 Å². The molecule has 1 aliphatic rings. The lowest BCUT2D eigenvalue weighted by Gasteiger charge is -2.30. The van der Waals surface area contributed by atoms with Gasteiger partial charge >= 0.3 is 27.9 Å². The Kier molecular flexibility index (Phi) is 8.48. The Morgan fingerprint density at radius 3 is 1.11 bits per heavy atom. The molecule has 6 heteroatoms. The lowest BCUT2D eigenvalue weighted by Crippen LogP contribution is -2.47. The second-order valence-corrected chi connectivity index (χ2v) is 10.7. The molecule has 0 amide bonds. The molecule has 1 saturated heterocycles. The Balaban J connectivity index is 2.62. The highest BCUT2D eigenvalue weighted by atomic mass is 28.5. The van der Waals surface area contributed by atoms with Crippen molar-refractivity contribution in [3.8, 4) is 0 Å². The quantitative estimate of drug-likeness (QED) is 0.704. The average Bonchev–Trinajstić information content (AvgIpc) is 2.40. The standard InChI is InChI=1S/C12H24O3Si3/c1-4-7-10-16-13-17(11-8-5-2)15-18(14-16)12-9-6-3/h7-12,16-18H,4-6H2,1-3H3. The minimum absolute atomic E-state index is 1.03. The summed E-state index contributed by atoms with van der Waals surface area (Å²) in [7, 11) is -4.89. The monoisotopic (exact) mass is 300 g/mol. The van der Waals surface area contributed by atoms with Crippen LogP contribution in [0.15, 0.2) is 35.3 Å². The molecule has 0 aromatic heterocycles. The van der Waals surface area contributed by atoms with Crippen molar-refractivity contribution in [3.05, 3.63) is 35.3 Å². The summed E-state index contributed by atoms with van der Waals surface area (Å²) in [6.07, 6.45) is 9.53. The Labute approximate surface area is 116 Å². The summed E-state index contributed by atoms with van der Waals surface area (Å²) in [6.45, 7) is 6.38. The molecule has 0 unspecified atom stereocenters. The molecule has 0 N–H and O–H groups in total. The zero-order chi connectivity index (χ0) is 13.2. The molecular formula is C12H24O3Si3. The van der Waals surface area contributed by atoms with Gasteiger partial charge in [0, 0.05) is 0 Å². The Hall–Kier alpha value is -0.249. The van der Waals surface area contributed by atoms with E-state index in [1.807, 2.05) is 0 Å². The van der Waals surface area contributed by atoms with E-state index >= 15 is 0 Å². The van der Waals surface area contributed by atoms with Crippen molar-refractivity contribution < 1.29 is 12.3 Å². The topological polar surface area (TPSA) is 27.7 Å². The lowest BCUT2D eigenvalue weighted by molar-refractivity contribution is 0.305. The maximum atomic E-state index is 5.96. The number of hydrogen-bond acceptors (Lipinski definition) is 3. The molecule has 18 heavy (non-hydrogen) atoms. The van der Waals surface area contributed by atoms with Crippen LogP contribution in [-0.2, 0) is 12.3 Å². The van der Waals surface area contributed by atoms with E-state index in [2.05, 4.69) is 56.1 Å². The van der Waals surface area contributed by atoms with Crippen molar-refractivity contribution in [2.75, 3.05) is 0 Å². The van der Waals surface area contributed by atoms with Gasteiger partial charge in [0.05, 0.1) is 0 Å². The molecule has 0 atom stereocenters. The average molecular weight is 301 g/mol. The summed E-state index contributed by atoms with van der Waals surface area (Å²) < 4.78 is 17.9. The van der Waals surface area contributed by atoms with Gasteiger partial charge < -0.3 is 12.3 Å². The van der Waals surface area contributed by atoms with E-state index < -0.39 is 27.9 Å². The van der Waals surface area contributed by atoms with Crippen molar-refractivity contribution in [2.24, 2.45) is 0 Å². The zero-order valence-corrected chi connectivity index (χ0v) is 15.0. The molecular weight excluding hydrogens is 276 g/mol. The van der Waals surface area contributed by atoms with Crippen LogP contribution in [0.3, 0.4) is 0 Å². The van der Waals surface area contributed by atoms with Crippen LogP contribution in [0.1, 0.15) is 40.0 Å². The molecule has 0 radical (unpaired) electrons. The lowest BCUT2D eigenvalue weighted by atomic mass is 10.5. The maximum Gasteiger partial charge on any atom is 0.330 e. The minimum Gasteiger partial charge on any atom is -0.414 e. The third-order valence-corrected chi connectivity index (χ3v) is 10.6. The van der Waals surface area contributed by atoms with Crippen LogP contribution in [0.25, 0.3) is 0 Å². The summed E-state index contributed by atoms with van der Waals surface area (Å²) in [6, 6.07) is 0. The first kappa shape index (κ1) is 15.8. The number of hydrogen-bond donors (Lipinski definition) is 0. The molecule has 1 aliphatic heterocycles. The van der Waals surface area contributed by atoms with Crippen LogP contribution >= 0.6 is 0 Å². The molecule has 0 bridgehead atoms. The van der Waals surface area contributed by atoms with Crippen LogP contribution in [0.5, 0.6) is 0 Å². The molecule has 3 nitrogen and oxygen atoms in total. The SMILES string of the molecule is CCC=C[SiH]1O[SiH](C=CCC)O[SiH](C=CCC)O1. The Morgan fingerprint density at radius 2 is 0.889 bits per heavy atom. The van der Waals surface area contributed by atoms with E-state index in [1.165, 1.54) is 0 Å². The predicted molar refractivity (Wildman–Crippen MR) is 83.0 cm³/mol. The summed E-state index contributed by atoms with van der Waals surface area (Å²) in [5, 5.41) is 0. The van der Waals surface area contributed by atoms with Crippen LogP contribution in [-0.4, -0.2) is 27.9 Å². The summed E-state index contributed by atoms with van der Waals surface area (Å²) in [5.41, 5.74) is 6.42. The third kappa shape index (κ3) is 6.08. The van der Waals surface area contributed by atoms with E-state index in [0.717, 1.165) is 19.3 Å². The van der Waals surface area contributed by atoms with Crippen LogP contribution in [0, 0.1) is 0 Å². The smallest absolute Gasteiger partial charge is 0.330 e. The molecule has 0 aliphatic carbocycles. The van der Waals surface area contributed by atoms with Gasteiger partial charge in [-0.1, -0.05) is 56.1 Å². The van der Waals surface area contributed by atoms with Gasteiger partial charge in [-0.25, -0.2) is 0 Å². The fourth-order valence-corrected chi connectivity index (χ4v) is 10.8. The van der Waals surface area contributed by atoms with Gasteiger partial charge in [-0.3, -0.25) is 0 Å². The molecule has 0 aromatic carbocycles. The van der Waals surface area contributed by atoms with E-state index in [4.69, 9.17) is 12.3 Å². The van der Waals surface area contributed by atoms with Crippen LogP contribution < -0.4 is 0 Å². The molecule has 102 valence electrons. The van der Waals surface area contributed by atoms with Crippen LogP contribution in [0.2, 0.25) is 0 Å². The van der Waals surface area contributed by atoms with Crippen molar-refractivity contribution in [1.29, 1.82) is 0 Å². The first-order chi connectivity index (χ1) is 8.80. The second-order valence-electron chi connectivity index (χ2n) is 4.02. The summed E-state index contributed by atoms with van der Waals surface area (Å²) in [5.74, 6) is 0. The van der Waals surface area contributed by atoms with E-state index in [0.29, 0.717) is 0 Å². The van der Waals surface area contributed by atoms with Crippen molar-refractivity contribution in [1.82, 2.24) is 0 Å². The van der Waals surface area contributed by atoms with Crippen molar-refractivity contribution in [3.63, 3.8) is 0 Å². The molecule has 0 saturated carbocycles. The molecule has 1 fully saturated rings. The minimum atomic E-state index is -1.63. The fraction of sp³-hybridized carbons (Fsp3) is 0.500. The van der Waals surface area contributed by atoms with Crippen molar-refractivity contribution in [2.45, 2.75) is 40.0 Å². The highest BCUT2D eigenvalue weighted by Gasteiger charge is 2.30. The van der Waals surface area contributed by atoms with Gasteiger partial charge in [0.1, 0.15) is 0 Å². The van der Waals surface area contributed by atoms with Crippen LogP contribution in [0.4, 0.5) is 0 Å². The first-order valence-electron chi connectivity index (χ1n) is 6.76. The van der Waals surface area contributed by atoms with Gasteiger partial charge in [-0.15, -0.1) is 0 Å². The molecule has 0 aromatic rings. The fourth-order valence-electron chi connectivity index (χ4n) is 1.51. The van der Waals surface area contributed by atoms with Gasteiger partial charge in [0.2, 0.25) is 0 Å². The number of allylic oxidation sites excluding steroid dienone is 3. The normalized spacial score (nSPS) is 29.8. The summed E-state index contributed by atoms with van der Waals surface area (Å²) >= 11 is 0. The second kappa shape index (κ2) is 9.65. The Bertz CT molecular complexity index is 251. The largest absolute Gasteiger partial charge is 0.414 e. The van der Waals surface area contributed by atoms with E-state index in [-0.39, 0.29) is 0 Å². The van der Waals surface area contributed by atoms with Crippen molar-refractivity contribution >= 4 is 27.9 Å². The zero-order valence-electron chi connectivity index (χ0n) is 11.5. The Morgan fingerprint density at radius 1 is 0.611 bits per heavy atom.